The number of hydrogen-bond donors (Lipinski definition) is 1. The summed E-state index contributed by atoms with van der Waals surface area (Å²) < 4.78 is 1.93. The van der Waals surface area contributed by atoms with Gasteiger partial charge in [0.1, 0.15) is 0 Å². The summed E-state index contributed by atoms with van der Waals surface area (Å²) in [5.74, 6) is 0. The largest absolute Gasteiger partial charge is 0.328 e. The number of H-pyrrole nitrogens is 1. The Bertz CT molecular complexity index is 642. The predicted octanol–water partition coefficient (Wildman–Crippen LogP) is 1.86. The van der Waals surface area contributed by atoms with E-state index >= 15 is 0 Å². The zero-order chi connectivity index (χ0) is 11.7. The normalized spacial score (nSPS) is 10.9. The lowest BCUT2D eigenvalue weighted by atomic mass is 10.2. The van der Waals surface area contributed by atoms with Crippen LogP contribution in [0, 0.1) is 0 Å². The Morgan fingerprint density at radius 2 is 2.12 bits per heavy atom. The van der Waals surface area contributed by atoms with Crippen LogP contribution >= 0.6 is 15.9 Å². The Kier molecular flexibility index (Phi) is 2.96. The Hall–Kier alpha value is -1.36. The zero-order valence-corrected chi connectivity index (χ0v) is 10.4. The van der Waals surface area contributed by atoms with Crippen molar-refractivity contribution in [1.82, 2.24) is 9.55 Å². The lowest BCUT2D eigenvalue weighted by Crippen LogP contribution is -2.35. The van der Waals surface area contributed by atoms with Gasteiger partial charge in [0.05, 0.1) is 10.9 Å². The van der Waals surface area contributed by atoms with Crippen LogP contribution < -0.4 is 11.2 Å². The summed E-state index contributed by atoms with van der Waals surface area (Å²) in [6.07, 6.45) is 0.749. The number of halogens is 1. The van der Waals surface area contributed by atoms with Crippen LogP contribution in [0.25, 0.3) is 10.9 Å². The van der Waals surface area contributed by atoms with Gasteiger partial charge in [-0.2, -0.15) is 0 Å². The van der Waals surface area contributed by atoms with Crippen LogP contribution in [-0.4, -0.2) is 9.55 Å². The molecule has 2 aromatic rings. The second kappa shape index (κ2) is 4.25. The molecule has 5 heteroatoms. The van der Waals surface area contributed by atoms with Crippen molar-refractivity contribution in [2.75, 3.05) is 0 Å². The van der Waals surface area contributed by atoms with E-state index in [1.54, 1.807) is 18.2 Å². The van der Waals surface area contributed by atoms with E-state index in [1.165, 1.54) is 4.57 Å². The molecule has 2 rings (SSSR count). The van der Waals surface area contributed by atoms with Crippen LogP contribution in [0.4, 0.5) is 0 Å². The fourth-order valence-electron chi connectivity index (χ4n) is 1.68. The highest BCUT2D eigenvalue weighted by Crippen LogP contribution is 2.17. The maximum Gasteiger partial charge on any atom is 0.328 e. The first-order valence-corrected chi connectivity index (χ1v) is 5.85. The molecule has 0 aliphatic rings. The highest BCUT2D eigenvalue weighted by molar-refractivity contribution is 9.10. The molecule has 0 radical (unpaired) electrons. The number of aromatic nitrogens is 2. The summed E-state index contributed by atoms with van der Waals surface area (Å²) >= 11 is 3.32. The predicted molar refractivity (Wildman–Crippen MR) is 66.8 cm³/mol. The molecule has 1 N–H and O–H groups in total. The van der Waals surface area contributed by atoms with E-state index in [9.17, 15) is 9.59 Å². The van der Waals surface area contributed by atoms with E-state index in [2.05, 4.69) is 20.9 Å². The maximum absolute atomic E-state index is 12.1. The van der Waals surface area contributed by atoms with Gasteiger partial charge in [0.15, 0.2) is 0 Å². The van der Waals surface area contributed by atoms with Gasteiger partial charge in [0.25, 0.3) is 5.56 Å². The van der Waals surface area contributed by atoms with Gasteiger partial charge in [-0.1, -0.05) is 13.0 Å². The van der Waals surface area contributed by atoms with Gasteiger partial charge < -0.3 is 4.98 Å². The Morgan fingerprint density at radius 3 is 2.81 bits per heavy atom. The van der Waals surface area contributed by atoms with Crippen molar-refractivity contribution in [2.24, 2.45) is 0 Å². The average molecular weight is 283 g/mol. The van der Waals surface area contributed by atoms with Gasteiger partial charge in [0.2, 0.25) is 0 Å². The highest BCUT2D eigenvalue weighted by Gasteiger charge is 2.08. The summed E-state index contributed by atoms with van der Waals surface area (Å²) in [5.41, 5.74) is -0.0257. The lowest BCUT2D eigenvalue weighted by molar-refractivity contribution is 0.623. The minimum atomic E-state index is -0.350. The van der Waals surface area contributed by atoms with Gasteiger partial charge >= 0.3 is 5.69 Å². The lowest BCUT2D eigenvalue weighted by Gasteiger charge is -2.05. The quantitative estimate of drug-likeness (QED) is 0.914. The molecule has 1 heterocycles. The van der Waals surface area contributed by atoms with Crippen molar-refractivity contribution in [3.8, 4) is 0 Å². The molecule has 0 aliphatic heterocycles. The van der Waals surface area contributed by atoms with E-state index in [0.717, 1.165) is 6.42 Å². The summed E-state index contributed by atoms with van der Waals surface area (Å²) in [7, 11) is 0. The van der Waals surface area contributed by atoms with Gasteiger partial charge in [0, 0.05) is 11.0 Å². The summed E-state index contributed by atoms with van der Waals surface area (Å²) in [5, 5.41) is 0.524. The van der Waals surface area contributed by atoms with Crippen molar-refractivity contribution >= 4 is 26.8 Å². The minimum absolute atomic E-state index is 0.243. The average Bonchev–Trinajstić information content (AvgIpc) is 2.24. The van der Waals surface area contributed by atoms with E-state index in [-0.39, 0.29) is 11.2 Å². The van der Waals surface area contributed by atoms with Crippen LogP contribution in [-0.2, 0) is 6.54 Å². The molecule has 0 saturated heterocycles. The molecule has 0 unspecified atom stereocenters. The molecular weight excluding hydrogens is 272 g/mol. The summed E-state index contributed by atoms with van der Waals surface area (Å²) in [6, 6.07) is 5.30. The van der Waals surface area contributed by atoms with Crippen LogP contribution in [0.2, 0.25) is 0 Å². The topological polar surface area (TPSA) is 54.9 Å². The monoisotopic (exact) mass is 282 g/mol. The molecule has 0 amide bonds. The maximum atomic E-state index is 12.1. The molecule has 16 heavy (non-hydrogen) atoms. The van der Waals surface area contributed by atoms with Crippen LogP contribution in [0.3, 0.4) is 0 Å². The molecule has 1 aromatic heterocycles. The SMILES string of the molecule is CCCn1c(=O)[nH]c2cccc(Br)c2c1=O. The molecule has 84 valence electrons. The number of benzene rings is 1. The van der Waals surface area contributed by atoms with Crippen molar-refractivity contribution in [3.05, 3.63) is 43.5 Å². The van der Waals surface area contributed by atoms with Crippen LogP contribution in [0.15, 0.2) is 32.3 Å². The first kappa shape index (κ1) is 11.1. The third-order valence-corrected chi connectivity index (χ3v) is 3.07. The molecule has 0 bridgehead atoms. The number of aromatic amines is 1. The number of hydrogen-bond acceptors (Lipinski definition) is 2. The fourth-order valence-corrected chi connectivity index (χ4v) is 2.22. The van der Waals surface area contributed by atoms with Gasteiger partial charge in [-0.3, -0.25) is 9.36 Å². The first-order valence-electron chi connectivity index (χ1n) is 5.06. The van der Waals surface area contributed by atoms with E-state index < -0.39 is 0 Å². The Labute approximate surface area is 100 Å². The summed E-state index contributed by atoms with van der Waals surface area (Å²) in [6.45, 7) is 2.36. The zero-order valence-electron chi connectivity index (χ0n) is 8.79. The van der Waals surface area contributed by atoms with E-state index in [1.807, 2.05) is 6.92 Å². The van der Waals surface area contributed by atoms with Gasteiger partial charge in [-0.05, 0) is 34.5 Å². The molecule has 4 nitrogen and oxygen atoms in total. The van der Waals surface area contributed by atoms with Gasteiger partial charge in [-0.25, -0.2) is 4.79 Å². The van der Waals surface area contributed by atoms with Crippen molar-refractivity contribution in [3.63, 3.8) is 0 Å². The second-order valence-corrected chi connectivity index (χ2v) is 4.40. The third kappa shape index (κ3) is 1.71. The van der Waals surface area contributed by atoms with Crippen LogP contribution in [0.5, 0.6) is 0 Å². The first-order chi connectivity index (χ1) is 7.65. The van der Waals surface area contributed by atoms with E-state index in [0.29, 0.717) is 21.9 Å². The van der Waals surface area contributed by atoms with Crippen molar-refractivity contribution in [1.29, 1.82) is 0 Å². The molecule has 0 spiro atoms. The molecule has 0 atom stereocenters. The molecular formula is C11H11BrN2O2. The number of rotatable bonds is 2. The van der Waals surface area contributed by atoms with E-state index in [4.69, 9.17) is 0 Å². The Morgan fingerprint density at radius 1 is 1.38 bits per heavy atom. The third-order valence-electron chi connectivity index (χ3n) is 2.41. The molecule has 1 aromatic carbocycles. The standard InChI is InChI=1S/C11H11BrN2O2/c1-2-6-14-10(15)9-7(12)4-3-5-8(9)13-11(14)16/h3-5H,2,6H2,1H3,(H,13,16). The minimum Gasteiger partial charge on any atom is -0.307 e. The van der Waals surface area contributed by atoms with Crippen molar-refractivity contribution in [2.45, 2.75) is 19.9 Å². The smallest absolute Gasteiger partial charge is 0.307 e. The van der Waals surface area contributed by atoms with Crippen molar-refractivity contribution < 1.29 is 0 Å². The van der Waals surface area contributed by atoms with Gasteiger partial charge in [-0.15, -0.1) is 0 Å². The molecule has 0 aliphatic carbocycles. The highest BCUT2D eigenvalue weighted by atomic mass is 79.9. The van der Waals surface area contributed by atoms with Crippen LogP contribution in [0.1, 0.15) is 13.3 Å². The number of nitrogens with zero attached hydrogens (tertiary/aromatic N) is 1. The molecule has 0 fully saturated rings. The fraction of sp³-hybridized carbons (Fsp3) is 0.273. The number of nitrogens with one attached hydrogen (secondary N) is 1. The number of fused-ring (bicyclic) bond motifs is 1. The summed E-state index contributed by atoms with van der Waals surface area (Å²) in [4.78, 5) is 26.4. The second-order valence-electron chi connectivity index (χ2n) is 3.55. The molecule has 0 saturated carbocycles. The Balaban J connectivity index is 2.92.